The summed E-state index contributed by atoms with van der Waals surface area (Å²) >= 11 is 18.0. The van der Waals surface area contributed by atoms with Crippen molar-refractivity contribution in [3.8, 4) is 0 Å². The molecular weight excluding hydrogens is 355 g/mol. The molecule has 23 heavy (non-hydrogen) atoms. The standard InChI is InChI=1S/C17H17Cl3N2O/c1-11-6-5-8-13(10-11)21-16(17(18,19)20)22-15(23)14-9-4-3-7-12(14)2/h3-10,16,21H,1-2H3,(H,22,23)/t16-/m0/s1. The molecule has 0 heterocycles. The molecule has 0 spiro atoms. The van der Waals surface area contributed by atoms with Crippen LogP contribution in [0.25, 0.3) is 0 Å². The Morgan fingerprint density at radius 2 is 1.74 bits per heavy atom. The van der Waals surface area contributed by atoms with E-state index in [-0.39, 0.29) is 5.91 Å². The van der Waals surface area contributed by atoms with Gasteiger partial charge in [0.15, 0.2) is 0 Å². The Kier molecular flexibility index (Phi) is 5.79. The number of alkyl halides is 3. The molecule has 0 radical (unpaired) electrons. The topological polar surface area (TPSA) is 41.1 Å². The van der Waals surface area contributed by atoms with Gasteiger partial charge in [0, 0.05) is 11.3 Å². The van der Waals surface area contributed by atoms with Crippen LogP contribution < -0.4 is 10.6 Å². The first-order valence-corrected chi connectivity index (χ1v) is 8.17. The van der Waals surface area contributed by atoms with Crippen LogP contribution in [0.1, 0.15) is 21.5 Å². The smallest absolute Gasteiger partial charge is 0.253 e. The van der Waals surface area contributed by atoms with Gasteiger partial charge in [-0.05, 0) is 43.2 Å². The summed E-state index contributed by atoms with van der Waals surface area (Å²) in [6.07, 6.45) is -0.874. The molecule has 1 atom stereocenters. The molecule has 2 aromatic rings. The molecule has 0 aliphatic carbocycles. The van der Waals surface area contributed by atoms with E-state index in [0.717, 1.165) is 16.8 Å². The molecule has 0 saturated carbocycles. The van der Waals surface area contributed by atoms with Gasteiger partial charge in [-0.25, -0.2) is 0 Å². The quantitative estimate of drug-likeness (QED) is 0.596. The van der Waals surface area contributed by atoms with Crippen molar-refractivity contribution in [2.45, 2.75) is 23.8 Å². The largest absolute Gasteiger partial charge is 0.362 e. The Labute approximate surface area is 150 Å². The summed E-state index contributed by atoms with van der Waals surface area (Å²) in [5, 5.41) is 5.79. The van der Waals surface area contributed by atoms with Gasteiger partial charge in [-0.1, -0.05) is 65.1 Å². The number of amides is 1. The lowest BCUT2D eigenvalue weighted by Gasteiger charge is -2.27. The number of aryl methyl sites for hydroxylation is 2. The third-order valence-electron chi connectivity index (χ3n) is 3.32. The summed E-state index contributed by atoms with van der Waals surface area (Å²) in [6, 6.07) is 14.8. The lowest BCUT2D eigenvalue weighted by molar-refractivity contribution is 0.0941. The highest BCUT2D eigenvalue weighted by Gasteiger charge is 2.34. The highest BCUT2D eigenvalue weighted by atomic mass is 35.6. The number of hydrogen-bond donors (Lipinski definition) is 2. The van der Waals surface area contributed by atoms with E-state index in [4.69, 9.17) is 34.8 Å². The second-order valence-corrected chi connectivity index (χ2v) is 7.65. The van der Waals surface area contributed by atoms with Crippen LogP contribution in [0.15, 0.2) is 48.5 Å². The number of nitrogens with one attached hydrogen (secondary N) is 2. The fourth-order valence-corrected chi connectivity index (χ4v) is 2.47. The highest BCUT2D eigenvalue weighted by Crippen LogP contribution is 2.31. The molecule has 3 nitrogen and oxygen atoms in total. The SMILES string of the molecule is Cc1cccc(N[C@@H](NC(=O)c2ccccc2C)C(Cl)(Cl)Cl)c1. The summed E-state index contributed by atoms with van der Waals surface area (Å²) in [5.74, 6) is -0.306. The zero-order valence-corrected chi connectivity index (χ0v) is 15.0. The van der Waals surface area contributed by atoms with E-state index in [9.17, 15) is 4.79 Å². The fraction of sp³-hybridized carbons (Fsp3) is 0.235. The van der Waals surface area contributed by atoms with Crippen LogP contribution in [0.3, 0.4) is 0 Å². The molecule has 0 bridgehead atoms. The summed E-state index contributed by atoms with van der Waals surface area (Å²) in [6.45, 7) is 3.81. The Hall–Kier alpha value is -1.42. The first-order chi connectivity index (χ1) is 10.8. The van der Waals surface area contributed by atoms with Crippen LogP contribution >= 0.6 is 34.8 Å². The maximum absolute atomic E-state index is 12.5. The first-order valence-electron chi connectivity index (χ1n) is 7.04. The number of benzene rings is 2. The van der Waals surface area contributed by atoms with Crippen molar-refractivity contribution in [2.24, 2.45) is 0 Å². The van der Waals surface area contributed by atoms with Gasteiger partial charge < -0.3 is 10.6 Å². The predicted molar refractivity (Wildman–Crippen MR) is 97.5 cm³/mol. The molecule has 2 N–H and O–H groups in total. The fourth-order valence-electron chi connectivity index (χ4n) is 2.14. The maximum Gasteiger partial charge on any atom is 0.253 e. The molecule has 0 aliphatic rings. The summed E-state index contributed by atoms with van der Waals surface area (Å²) in [4.78, 5) is 12.5. The monoisotopic (exact) mass is 370 g/mol. The van der Waals surface area contributed by atoms with Crippen molar-refractivity contribution in [1.29, 1.82) is 0 Å². The average molecular weight is 372 g/mol. The van der Waals surface area contributed by atoms with E-state index in [1.54, 1.807) is 12.1 Å². The molecular formula is C17H17Cl3N2O. The molecule has 0 saturated heterocycles. The summed E-state index contributed by atoms with van der Waals surface area (Å²) in [5.41, 5.74) is 3.20. The van der Waals surface area contributed by atoms with Crippen molar-refractivity contribution >= 4 is 46.4 Å². The van der Waals surface area contributed by atoms with E-state index in [1.165, 1.54) is 0 Å². The van der Waals surface area contributed by atoms with Crippen molar-refractivity contribution in [1.82, 2.24) is 5.32 Å². The minimum Gasteiger partial charge on any atom is -0.362 e. The molecule has 2 aromatic carbocycles. The van der Waals surface area contributed by atoms with Gasteiger partial charge >= 0.3 is 0 Å². The number of hydrogen-bond acceptors (Lipinski definition) is 2. The van der Waals surface area contributed by atoms with Gasteiger partial charge in [0.1, 0.15) is 6.17 Å². The lowest BCUT2D eigenvalue weighted by atomic mass is 10.1. The van der Waals surface area contributed by atoms with Crippen molar-refractivity contribution in [3.05, 3.63) is 65.2 Å². The molecule has 6 heteroatoms. The maximum atomic E-state index is 12.5. The zero-order chi connectivity index (χ0) is 17.0. The Bertz CT molecular complexity index is 698. The first kappa shape index (κ1) is 17.9. The Morgan fingerprint density at radius 1 is 1.04 bits per heavy atom. The number of halogens is 3. The van der Waals surface area contributed by atoms with E-state index in [2.05, 4.69) is 10.6 Å². The van der Waals surface area contributed by atoms with Gasteiger partial charge in [0.05, 0.1) is 0 Å². The number of rotatable bonds is 4. The van der Waals surface area contributed by atoms with Crippen molar-refractivity contribution in [2.75, 3.05) is 5.32 Å². The van der Waals surface area contributed by atoms with Crippen LogP contribution in [0, 0.1) is 13.8 Å². The molecule has 1 amide bonds. The van der Waals surface area contributed by atoms with Gasteiger partial charge in [0.25, 0.3) is 5.91 Å². The molecule has 122 valence electrons. The van der Waals surface area contributed by atoms with E-state index in [0.29, 0.717) is 5.56 Å². The third-order valence-corrected chi connectivity index (χ3v) is 3.98. The Morgan fingerprint density at radius 3 is 2.35 bits per heavy atom. The lowest BCUT2D eigenvalue weighted by Crippen LogP contribution is -2.49. The zero-order valence-electron chi connectivity index (χ0n) is 12.7. The average Bonchev–Trinajstić information content (AvgIpc) is 2.46. The number of carbonyl (C=O) groups excluding carboxylic acids is 1. The molecule has 0 unspecified atom stereocenters. The summed E-state index contributed by atoms with van der Waals surface area (Å²) < 4.78 is -1.71. The minimum absolute atomic E-state index is 0.306. The van der Waals surface area contributed by atoms with Crippen LogP contribution in [-0.4, -0.2) is 15.9 Å². The van der Waals surface area contributed by atoms with Crippen LogP contribution in [0.5, 0.6) is 0 Å². The van der Waals surface area contributed by atoms with Crippen molar-refractivity contribution in [3.63, 3.8) is 0 Å². The normalized spacial score (nSPS) is 12.6. The highest BCUT2D eigenvalue weighted by molar-refractivity contribution is 6.68. The van der Waals surface area contributed by atoms with Gasteiger partial charge in [-0.2, -0.15) is 0 Å². The minimum atomic E-state index is -1.71. The number of anilines is 1. The predicted octanol–water partition coefficient (Wildman–Crippen LogP) is 4.84. The van der Waals surface area contributed by atoms with Gasteiger partial charge in [-0.3, -0.25) is 4.79 Å². The van der Waals surface area contributed by atoms with E-state index in [1.807, 2.05) is 50.2 Å². The van der Waals surface area contributed by atoms with Gasteiger partial charge in [0.2, 0.25) is 3.79 Å². The molecule has 2 rings (SSSR count). The van der Waals surface area contributed by atoms with E-state index >= 15 is 0 Å². The molecule has 0 aliphatic heterocycles. The molecule has 0 fully saturated rings. The van der Waals surface area contributed by atoms with E-state index < -0.39 is 9.96 Å². The van der Waals surface area contributed by atoms with Gasteiger partial charge in [-0.15, -0.1) is 0 Å². The van der Waals surface area contributed by atoms with Crippen LogP contribution in [0.2, 0.25) is 0 Å². The van der Waals surface area contributed by atoms with Crippen LogP contribution in [-0.2, 0) is 0 Å². The van der Waals surface area contributed by atoms with Crippen molar-refractivity contribution < 1.29 is 4.79 Å². The second kappa shape index (κ2) is 7.43. The summed E-state index contributed by atoms with van der Waals surface area (Å²) in [7, 11) is 0. The number of carbonyl (C=O) groups is 1. The second-order valence-electron chi connectivity index (χ2n) is 5.28. The Balaban J connectivity index is 2.20. The molecule has 0 aromatic heterocycles. The van der Waals surface area contributed by atoms with Crippen LogP contribution in [0.4, 0.5) is 5.69 Å². The third kappa shape index (κ3) is 5.03.